The maximum absolute atomic E-state index is 3.94. The van der Waals surface area contributed by atoms with Crippen LogP contribution in [0.3, 0.4) is 0 Å². The fourth-order valence-electron chi connectivity index (χ4n) is 2.63. The topological polar surface area (TPSA) is 0 Å². The van der Waals surface area contributed by atoms with Crippen molar-refractivity contribution in [3.63, 3.8) is 0 Å². The van der Waals surface area contributed by atoms with Gasteiger partial charge in [0, 0.05) is 9.35 Å². The predicted octanol–water partition coefficient (Wildman–Crippen LogP) is 5.92. The molecule has 1 aliphatic carbocycles. The van der Waals surface area contributed by atoms with Crippen molar-refractivity contribution in [3.05, 3.63) is 20.8 Å². The fraction of sp³-hybridized carbons (Fsp3) is 0.667. The minimum atomic E-state index is 0.507. The van der Waals surface area contributed by atoms with Crippen LogP contribution in [0.2, 0.25) is 0 Å². The summed E-state index contributed by atoms with van der Waals surface area (Å²) in [5, 5.41) is 2.17. The molecule has 0 nitrogen and oxygen atoms in total. The summed E-state index contributed by atoms with van der Waals surface area (Å²) in [6, 6.07) is 2.16. The van der Waals surface area contributed by atoms with Crippen molar-refractivity contribution in [2.45, 2.75) is 43.9 Å². The standard InChI is InChI=1S/C12H16Br2S/c1-2-12(6-3-4-7-12)11(14)10-9(13)5-8-15-10/h5,8,11H,2-4,6-7H2,1H3. The van der Waals surface area contributed by atoms with Crippen LogP contribution >= 0.6 is 43.2 Å². The van der Waals surface area contributed by atoms with Gasteiger partial charge in [0.1, 0.15) is 0 Å². The summed E-state index contributed by atoms with van der Waals surface area (Å²) in [6.45, 7) is 2.33. The number of thiophene rings is 1. The van der Waals surface area contributed by atoms with Crippen molar-refractivity contribution < 1.29 is 0 Å². The van der Waals surface area contributed by atoms with Crippen LogP contribution in [0.4, 0.5) is 0 Å². The fourth-order valence-corrected chi connectivity index (χ4v) is 6.01. The minimum Gasteiger partial charge on any atom is -0.146 e. The maximum Gasteiger partial charge on any atom is 0.0556 e. The molecule has 2 rings (SSSR count). The Kier molecular flexibility index (Phi) is 3.95. The van der Waals surface area contributed by atoms with E-state index in [1.807, 2.05) is 11.3 Å². The monoisotopic (exact) mass is 350 g/mol. The Bertz CT molecular complexity index is 326. The van der Waals surface area contributed by atoms with Crippen LogP contribution in [-0.2, 0) is 0 Å². The molecule has 0 radical (unpaired) electrons. The Hall–Kier alpha value is 0.660. The second-order valence-electron chi connectivity index (χ2n) is 4.42. The van der Waals surface area contributed by atoms with Crippen LogP contribution in [0.25, 0.3) is 0 Å². The van der Waals surface area contributed by atoms with Crippen molar-refractivity contribution >= 4 is 43.2 Å². The third-order valence-corrected chi connectivity index (χ3v) is 7.38. The normalized spacial score (nSPS) is 21.8. The highest BCUT2D eigenvalue weighted by Crippen LogP contribution is 2.56. The molecule has 0 aliphatic heterocycles. The second-order valence-corrected chi connectivity index (χ2v) is 7.14. The van der Waals surface area contributed by atoms with Gasteiger partial charge in [-0.05, 0) is 52.1 Å². The van der Waals surface area contributed by atoms with Crippen molar-refractivity contribution in [1.29, 1.82) is 0 Å². The molecule has 84 valence electrons. The SMILES string of the molecule is CCC1(C(Br)c2sccc2Br)CCCC1. The van der Waals surface area contributed by atoms with Crippen molar-refractivity contribution in [3.8, 4) is 0 Å². The molecular weight excluding hydrogens is 336 g/mol. The van der Waals surface area contributed by atoms with Gasteiger partial charge in [0.15, 0.2) is 0 Å². The lowest BCUT2D eigenvalue weighted by molar-refractivity contribution is 0.281. The summed E-state index contributed by atoms with van der Waals surface area (Å²) >= 11 is 9.45. The van der Waals surface area contributed by atoms with Gasteiger partial charge in [0.05, 0.1) is 4.83 Å². The molecule has 0 N–H and O–H groups in total. The second kappa shape index (κ2) is 4.89. The first-order chi connectivity index (χ1) is 7.19. The van der Waals surface area contributed by atoms with Crippen molar-refractivity contribution in [2.24, 2.45) is 5.41 Å². The number of rotatable bonds is 3. The van der Waals surface area contributed by atoms with Gasteiger partial charge in [-0.2, -0.15) is 0 Å². The zero-order valence-electron chi connectivity index (χ0n) is 8.93. The van der Waals surface area contributed by atoms with E-state index in [1.54, 1.807) is 0 Å². The minimum absolute atomic E-state index is 0.507. The lowest BCUT2D eigenvalue weighted by Crippen LogP contribution is -2.20. The Morgan fingerprint density at radius 3 is 2.60 bits per heavy atom. The van der Waals surface area contributed by atoms with Gasteiger partial charge in [0.25, 0.3) is 0 Å². The van der Waals surface area contributed by atoms with Gasteiger partial charge >= 0.3 is 0 Å². The molecule has 1 atom stereocenters. The Balaban J connectivity index is 2.26. The first kappa shape index (κ1) is 12.1. The summed E-state index contributed by atoms with van der Waals surface area (Å²) in [5.41, 5.74) is 0.507. The molecule has 1 aromatic heterocycles. The molecule has 1 aromatic rings. The number of halogens is 2. The number of hydrogen-bond donors (Lipinski definition) is 0. The largest absolute Gasteiger partial charge is 0.146 e. The zero-order valence-corrected chi connectivity index (χ0v) is 12.9. The molecule has 0 saturated heterocycles. The van der Waals surface area contributed by atoms with E-state index in [-0.39, 0.29) is 0 Å². The maximum atomic E-state index is 3.94. The molecule has 1 saturated carbocycles. The van der Waals surface area contributed by atoms with Crippen molar-refractivity contribution in [1.82, 2.24) is 0 Å². The average Bonchev–Trinajstić information content (AvgIpc) is 2.86. The molecule has 1 fully saturated rings. The van der Waals surface area contributed by atoms with E-state index in [9.17, 15) is 0 Å². The summed E-state index contributed by atoms with van der Waals surface area (Å²) in [4.78, 5) is 2.01. The van der Waals surface area contributed by atoms with Gasteiger partial charge in [-0.1, -0.05) is 35.7 Å². The van der Waals surface area contributed by atoms with Crippen LogP contribution in [0.1, 0.15) is 48.7 Å². The van der Waals surface area contributed by atoms with Crippen LogP contribution in [-0.4, -0.2) is 0 Å². The van der Waals surface area contributed by atoms with Gasteiger partial charge in [0.2, 0.25) is 0 Å². The number of alkyl halides is 1. The van der Waals surface area contributed by atoms with E-state index in [0.29, 0.717) is 10.2 Å². The smallest absolute Gasteiger partial charge is 0.0556 e. The highest BCUT2D eigenvalue weighted by molar-refractivity contribution is 9.11. The van der Waals surface area contributed by atoms with Crippen LogP contribution in [0.5, 0.6) is 0 Å². The van der Waals surface area contributed by atoms with E-state index in [1.165, 1.54) is 41.5 Å². The zero-order chi connectivity index (χ0) is 10.9. The molecule has 0 amide bonds. The predicted molar refractivity (Wildman–Crippen MR) is 74.9 cm³/mol. The van der Waals surface area contributed by atoms with Crippen LogP contribution in [0.15, 0.2) is 15.9 Å². The molecular formula is C12H16Br2S. The van der Waals surface area contributed by atoms with E-state index >= 15 is 0 Å². The average molecular weight is 352 g/mol. The van der Waals surface area contributed by atoms with Gasteiger partial charge in [-0.3, -0.25) is 0 Å². The Morgan fingerprint density at radius 1 is 1.47 bits per heavy atom. The molecule has 1 heterocycles. The summed E-state index contributed by atoms with van der Waals surface area (Å²) in [6.07, 6.45) is 6.85. The number of hydrogen-bond acceptors (Lipinski definition) is 1. The highest BCUT2D eigenvalue weighted by Gasteiger charge is 2.40. The molecule has 3 heteroatoms. The lowest BCUT2D eigenvalue weighted by atomic mass is 9.79. The third-order valence-electron chi connectivity index (χ3n) is 3.72. The summed E-state index contributed by atoms with van der Waals surface area (Å²) < 4.78 is 1.27. The summed E-state index contributed by atoms with van der Waals surface area (Å²) in [7, 11) is 0. The molecule has 1 aliphatic rings. The van der Waals surface area contributed by atoms with E-state index in [0.717, 1.165) is 0 Å². The van der Waals surface area contributed by atoms with E-state index < -0.39 is 0 Å². The van der Waals surface area contributed by atoms with Gasteiger partial charge < -0.3 is 0 Å². The summed E-state index contributed by atoms with van der Waals surface area (Å²) in [5.74, 6) is 0. The van der Waals surface area contributed by atoms with Crippen LogP contribution < -0.4 is 0 Å². The molecule has 1 unspecified atom stereocenters. The quantitative estimate of drug-likeness (QED) is 0.593. The Morgan fingerprint density at radius 2 is 2.13 bits per heavy atom. The van der Waals surface area contributed by atoms with E-state index in [4.69, 9.17) is 0 Å². The van der Waals surface area contributed by atoms with Gasteiger partial charge in [-0.25, -0.2) is 0 Å². The Labute approximate surface area is 113 Å². The molecule has 0 spiro atoms. The van der Waals surface area contributed by atoms with Gasteiger partial charge in [-0.15, -0.1) is 11.3 Å². The molecule has 0 aromatic carbocycles. The van der Waals surface area contributed by atoms with E-state index in [2.05, 4.69) is 50.2 Å². The third kappa shape index (κ3) is 2.20. The lowest BCUT2D eigenvalue weighted by Gasteiger charge is -2.33. The molecule has 0 bridgehead atoms. The first-order valence-corrected chi connectivity index (χ1v) is 8.15. The first-order valence-electron chi connectivity index (χ1n) is 5.56. The van der Waals surface area contributed by atoms with Crippen molar-refractivity contribution in [2.75, 3.05) is 0 Å². The van der Waals surface area contributed by atoms with Crippen LogP contribution in [0, 0.1) is 5.41 Å². The highest BCUT2D eigenvalue weighted by atomic mass is 79.9. The molecule has 15 heavy (non-hydrogen) atoms.